The van der Waals surface area contributed by atoms with Crippen LogP contribution in [0.5, 0.6) is 11.5 Å². The molecule has 25 heavy (non-hydrogen) atoms. The summed E-state index contributed by atoms with van der Waals surface area (Å²) < 4.78 is 5.05. The Labute approximate surface area is 155 Å². The number of carbonyl (C=O) groups is 2. The number of rotatable bonds is 3. The van der Waals surface area contributed by atoms with E-state index in [1.165, 1.54) is 20.2 Å². The third kappa shape index (κ3) is 2.15. The molecule has 0 spiro atoms. The van der Waals surface area contributed by atoms with Crippen LogP contribution in [0.25, 0.3) is 0 Å². The van der Waals surface area contributed by atoms with E-state index in [1.807, 2.05) is 0 Å². The fourth-order valence-corrected chi connectivity index (χ4v) is 4.56. The largest absolute Gasteiger partial charge is 0.504 e. The molecule has 1 aliphatic heterocycles. The highest BCUT2D eigenvalue weighted by Crippen LogP contribution is 2.59. The summed E-state index contributed by atoms with van der Waals surface area (Å²) in [4.78, 5) is 23.1. The van der Waals surface area contributed by atoms with Crippen LogP contribution >= 0.6 is 23.2 Å². The fourth-order valence-electron chi connectivity index (χ4n) is 3.63. The number of phenols is 1. The summed E-state index contributed by atoms with van der Waals surface area (Å²) in [6.45, 7) is 3.78. The Morgan fingerprint density at radius 2 is 2.04 bits per heavy atom. The van der Waals surface area contributed by atoms with Crippen molar-refractivity contribution >= 4 is 35.0 Å². The molecule has 1 aliphatic carbocycles. The number of imide groups is 1. The van der Waals surface area contributed by atoms with E-state index >= 15 is 0 Å². The van der Waals surface area contributed by atoms with Crippen LogP contribution in [0.15, 0.2) is 42.5 Å². The van der Waals surface area contributed by atoms with Gasteiger partial charge in [-0.15, -0.1) is 23.2 Å². The zero-order chi connectivity index (χ0) is 18.6. The van der Waals surface area contributed by atoms with Crippen LogP contribution in [0.3, 0.4) is 0 Å². The van der Waals surface area contributed by atoms with Crippen molar-refractivity contribution in [3.63, 3.8) is 0 Å². The summed E-state index contributed by atoms with van der Waals surface area (Å²) >= 11 is 13.4. The van der Waals surface area contributed by atoms with Crippen LogP contribution in [0.1, 0.15) is 17.9 Å². The van der Waals surface area contributed by atoms with Gasteiger partial charge < -0.3 is 9.84 Å². The van der Waals surface area contributed by atoms with Crippen molar-refractivity contribution in [1.82, 2.24) is 4.90 Å². The Morgan fingerprint density at radius 1 is 1.36 bits per heavy atom. The van der Waals surface area contributed by atoms with Gasteiger partial charge in [-0.25, -0.2) is 0 Å². The third-order valence-electron chi connectivity index (χ3n) is 4.96. The first-order chi connectivity index (χ1) is 11.7. The summed E-state index contributed by atoms with van der Waals surface area (Å²) in [6, 6.07) is 4.72. The Balaban J connectivity index is 2.25. The van der Waals surface area contributed by atoms with Crippen molar-refractivity contribution in [3.8, 4) is 11.5 Å². The molecule has 1 heterocycles. The molecule has 0 bridgehead atoms. The number of ether oxygens (including phenoxy) is 1. The highest BCUT2D eigenvalue weighted by molar-refractivity contribution is 6.53. The minimum absolute atomic E-state index is 0.0976. The van der Waals surface area contributed by atoms with Crippen molar-refractivity contribution in [2.24, 2.45) is 0 Å². The molecule has 2 aliphatic rings. The van der Waals surface area contributed by atoms with Crippen LogP contribution in [0.4, 0.5) is 0 Å². The summed E-state index contributed by atoms with van der Waals surface area (Å²) in [5.41, 5.74) is 1.22. The number of hydrogen-bond donors (Lipinski definition) is 1. The fraction of sp³-hybridized carbons (Fsp3) is 0.333. The maximum atomic E-state index is 12.9. The molecule has 1 N–H and O–H groups in total. The molecule has 1 aromatic carbocycles. The second-order valence-corrected chi connectivity index (χ2v) is 7.40. The Hall–Kier alpha value is -1.98. The lowest BCUT2D eigenvalue weighted by Crippen LogP contribution is -2.54. The number of carbonyl (C=O) groups excluding carboxylic acids is 2. The molecule has 1 saturated heterocycles. The van der Waals surface area contributed by atoms with E-state index in [2.05, 4.69) is 6.58 Å². The smallest absolute Gasteiger partial charge is 0.253 e. The van der Waals surface area contributed by atoms with E-state index in [0.29, 0.717) is 11.1 Å². The Kier molecular flexibility index (Phi) is 4.12. The molecule has 3 atom stereocenters. The lowest BCUT2D eigenvalue weighted by molar-refractivity contribution is -0.137. The van der Waals surface area contributed by atoms with Crippen molar-refractivity contribution in [1.29, 1.82) is 0 Å². The highest BCUT2D eigenvalue weighted by atomic mass is 35.5. The quantitative estimate of drug-likeness (QED) is 0.645. The average Bonchev–Trinajstić information content (AvgIpc) is 2.73. The molecule has 1 fully saturated rings. The van der Waals surface area contributed by atoms with Crippen LogP contribution < -0.4 is 4.74 Å². The topological polar surface area (TPSA) is 66.8 Å². The lowest BCUT2D eigenvalue weighted by atomic mass is 9.68. The number of benzene rings is 1. The van der Waals surface area contributed by atoms with E-state index in [1.54, 1.807) is 24.3 Å². The number of allylic oxidation sites excluding steroid dienone is 3. The number of amides is 2. The second kappa shape index (κ2) is 5.78. The zero-order valence-electron chi connectivity index (χ0n) is 13.8. The first-order valence-corrected chi connectivity index (χ1v) is 8.37. The van der Waals surface area contributed by atoms with Gasteiger partial charge in [-0.2, -0.15) is 0 Å². The van der Waals surface area contributed by atoms with Gasteiger partial charge in [-0.05, 0) is 29.7 Å². The number of alkyl halides is 2. The van der Waals surface area contributed by atoms with E-state index in [0.717, 1.165) is 4.90 Å². The molecule has 2 amide bonds. The van der Waals surface area contributed by atoms with Crippen molar-refractivity contribution < 1.29 is 19.4 Å². The lowest BCUT2D eigenvalue weighted by Gasteiger charge is -2.42. The summed E-state index contributed by atoms with van der Waals surface area (Å²) in [5.74, 6) is -1.65. The molecule has 7 heteroatoms. The minimum Gasteiger partial charge on any atom is -0.504 e. The van der Waals surface area contributed by atoms with Crippen LogP contribution in [-0.2, 0) is 9.59 Å². The number of fused-ring (bicyclic) bond motifs is 1. The maximum absolute atomic E-state index is 12.9. The van der Waals surface area contributed by atoms with Crippen LogP contribution in [0, 0.1) is 0 Å². The molecular weight excluding hydrogens is 365 g/mol. The molecule has 132 valence electrons. The normalized spacial score (nSPS) is 31.6. The molecule has 0 radical (unpaired) electrons. The van der Waals surface area contributed by atoms with E-state index < -0.39 is 27.5 Å². The van der Waals surface area contributed by atoms with Gasteiger partial charge in [-0.3, -0.25) is 14.5 Å². The minimum atomic E-state index is -1.71. The van der Waals surface area contributed by atoms with Crippen LogP contribution in [-0.4, -0.2) is 45.7 Å². The van der Waals surface area contributed by atoms with Gasteiger partial charge in [0.15, 0.2) is 21.2 Å². The van der Waals surface area contributed by atoms with E-state index in [-0.39, 0.29) is 17.9 Å². The van der Waals surface area contributed by atoms with Crippen molar-refractivity contribution in [3.05, 3.63) is 48.1 Å². The molecular formula is C18H17Cl2NO4. The predicted octanol–water partition coefficient (Wildman–Crippen LogP) is 2.95. The van der Waals surface area contributed by atoms with Gasteiger partial charge >= 0.3 is 0 Å². The van der Waals surface area contributed by atoms with Crippen LogP contribution in [0.2, 0.25) is 0 Å². The first-order valence-electron chi connectivity index (χ1n) is 7.62. The highest BCUT2D eigenvalue weighted by Gasteiger charge is 2.72. The SMILES string of the molecule is C=CC1=CC[C@@]2(Cl)C(=O)N(C)C(=O)[C@@]2(Cl)[C@H]1c1ccc(OC)c(O)c1. The second-order valence-electron chi connectivity index (χ2n) is 6.16. The molecule has 3 rings (SSSR count). The third-order valence-corrected chi connectivity index (χ3v) is 6.37. The zero-order valence-corrected chi connectivity index (χ0v) is 15.3. The monoisotopic (exact) mass is 381 g/mol. The maximum Gasteiger partial charge on any atom is 0.253 e. The molecule has 0 saturated carbocycles. The summed E-state index contributed by atoms with van der Waals surface area (Å²) in [5, 5.41) is 10.1. The van der Waals surface area contributed by atoms with Gasteiger partial charge in [0.2, 0.25) is 0 Å². The number of hydrogen-bond acceptors (Lipinski definition) is 4. The van der Waals surface area contributed by atoms with Gasteiger partial charge in [0, 0.05) is 13.0 Å². The Morgan fingerprint density at radius 3 is 2.60 bits per heavy atom. The number of halogens is 2. The van der Waals surface area contributed by atoms with Crippen molar-refractivity contribution in [2.45, 2.75) is 22.1 Å². The van der Waals surface area contributed by atoms with Crippen molar-refractivity contribution in [2.75, 3.05) is 14.2 Å². The molecule has 1 aromatic rings. The van der Waals surface area contributed by atoms with E-state index in [4.69, 9.17) is 27.9 Å². The average molecular weight is 382 g/mol. The van der Waals surface area contributed by atoms with Gasteiger partial charge in [0.25, 0.3) is 11.8 Å². The number of likely N-dealkylation sites (tertiary alicyclic amines) is 1. The Bertz CT molecular complexity index is 821. The first kappa shape index (κ1) is 17.8. The summed E-state index contributed by atoms with van der Waals surface area (Å²) in [7, 11) is 2.80. The molecule has 0 aromatic heterocycles. The van der Waals surface area contributed by atoms with Gasteiger partial charge in [0.1, 0.15) is 0 Å². The number of nitrogens with zero attached hydrogens (tertiary/aromatic N) is 1. The summed E-state index contributed by atoms with van der Waals surface area (Å²) in [6.07, 6.45) is 3.46. The van der Waals surface area contributed by atoms with Gasteiger partial charge in [-0.1, -0.05) is 24.8 Å². The predicted molar refractivity (Wildman–Crippen MR) is 95.2 cm³/mol. The number of methoxy groups -OCH3 is 1. The standard InChI is InChI=1S/C18H17Cl2NO4/c1-4-10-7-8-17(19)15(23)21(2)16(24)18(17,20)14(10)11-5-6-13(25-3)12(22)9-11/h4-7,9,14,22H,1,8H2,2-3H3/t14-,17-,18+/m1/s1. The van der Waals surface area contributed by atoms with Gasteiger partial charge in [0.05, 0.1) is 7.11 Å². The molecule has 5 nitrogen and oxygen atoms in total. The number of aromatic hydroxyl groups is 1. The number of phenolic OH excluding ortho intramolecular Hbond substituents is 1. The molecule has 0 unspecified atom stereocenters. The van der Waals surface area contributed by atoms with E-state index in [9.17, 15) is 14.7 Å².